The van der Waals surface area contributed by atoms with Crippen LogP contribution in [0.1, 0.15) is 19.3 Å². The molecule has 106 valence electrons. The molecule has 2 amide bonds. The predicted octanol–water partition coefficient (Wildman–Crippen LogP) is 0.430. The molecule has 0 bridgehead atoms. The highest BCUT2D eigenvalue weighted by atomic mass is 16.4. The second kappa shape index (κ2) is 6.06. The Morgan fingerprint density at radius 3 is 2.47 bits per heavy atom. The first-order valence-electron chi connectivity index (χ1n) is 6.67. The zero-order valence-corrected chi connectivity index (χ0v) is 10.8. The molecule has 0 aromatic carbocycles. The highest BCUT2D eigenvalue weighted by Crippen LogP contribution is 2.20. The van der Waals surface area contributed by atoms with Crippen LogP contribution in [0.3, 0.4) is 0 Å². The van der Waals surface area contributed by atoms with Gasteiger partial charge in [0.2, 0.25) is 0 Å². The largest absolute Gasteiger partial charge is 0.481 e. The zero-order chi connectivity index (χ0) is 13.8. The van der Waals surface area contributed by atoms with Gasteiger partial charge in [0, 0.05) is 19.7 Å². The van der Waals surface area contributed by atoms with Gasteiger partial charge in [0.05, 0.1) is 12.0 Å². The van der Waals surface area contributed by atoms with Crippen LogP contribution in [0.15, 0.2) is 12.2 Å². The fraction of sp³-hybridized carbons (Fsp3) is 0.692. The van der Waals surface area contributed by atoms with E-state index in [0.29, 0.717) is 25.4 Å². The molecule has 3 N–H and O–H groups in total. The summed E-state index contributed by atoms with van der Waals surface area (Å²) >= 11 is 0. The van der Waals surface area contributed by atoms with Crippen molar-refractivity contribution in [3.05, 3.63) is 12.2 Å². The lowest BCUT2D eigenvalue weighted by atomic mass is 9.98. The number of hydrogen-bond acceptors (Lipinski definition) is 3. The minimum atomic E-state index is -0.850. The second-order valence-electron chi connectivity index (χ2n) is 5.23. The Morgan fingerprint density at radius 2 is 1.95 bits per heavy atom. The van der Waals surface area contributed by atoms with Crippen LogP contribution in [0.4, 0.5) is 4.79 Å². The van der Waals surface area contributed by atoms with Gasteiger partial charge < -0.3 is 20.4 Å². The monoisotopic (exact) mass is 268 g/mol. The van der Waals surface area contributed by atoms with Crippen molar-refractivity contribution in [2.24, 2.45) is 11.8 Å². The predicted molar refractivity (Wildman–Crippen MR) is 68.6 cm³/mol. The van der Waals surface area contributed by atoms with E-state index in [1.54, 1.807) is 17.1 Å². The number of rotatable bonds is 3. The van der Waals surface area contributed by atoms with Gasteiger partial charge in [-0.3, -0.25) is 4.79 Å². The molecule has 0 radical (unpaired) electrons. The first-order chi connectivity index (χ1) is 9.10. The van der Waals surface area contributed by atoms with Crippen molar-refractivity contribution >= 4 is 12.0 Å². The number of amides is 2. The Balaban J connectivity index is 1.77. The van der Waals surface area contributed by atoms with Crippen molar-refractivity contribution in [1.29, 1.82) is 0 Å². The molecule has 19 heavy (non-hydrogen) atoms. The summed E-state index contributed by atoms with van der Waals surface area (Å²) in [7, 11) is 0. The van der Waals surface area contributed by atoms with Gasteiger partial charge in [0.1, 0.15) is 0 Å². The van der Waals surface area contributed by atoms with Gasteiger partial charge in [0.15, 0.2) is 0 Å². The Labute approximate surface area is 112 Å². The summed E-state index contributed by atoms with van der Waals surface area (Å²) in [5.41, 5.74) is 0. The smallest absolute Gasteiger partial charge is 0.317 e. The highest BCUT2D eigenvalue weighted by Gasteiger charge is 2.28. The van der Waals surface area contributed by atoms with E-state index in [2.05, 4.69) is 5.32 Å². The number of aliphatic carboxylic acids is 1. The number of carbonyl (C=O) groups excluding carboxylic acids is 1. The number of carboxylic acid groups (broad SMARTS) is 1. The number of carboxylic acids is 1. The van der Waals surface area contributed by atoms with Crippen LogP contribution in [0.5, 0.6) is 0 Å². The summed E-state index contributed by atoms with van der Waals surface area (Å²) < 4.78 is 0. The normalized spacial score (nSPS) is 27.5. The Morgan fingerprint density at radius 1 is 1.26 bits per heavy atom. The summed E-state index contributed by atoms with van der Waals surface area (Å²) in [6.07, 6.45) is 5.45. The van der Waals surface area contributed by atoms with Crippen LogP contribution >= 0.6 is 0 Å². The molecular formula is C13H20N2O4. The van der Waals surface area contributed by atoms with Crippen molar-refractivity contribution in [3.8, 4) is 0 Å². The number of urea groups is 1. The van der Waals surface area contributed by atoms with Crippen molar-refractivity contribution < 1.29 is 19.8 Å². The average molecular weight is 268 g/mol. The Hall–Kier alpha value is -1.56. The molecule has 2 atom stereocenters. The molecule has 2 unspecified atom stereocenters. The molecule has 6 heteroatoms. The zero-order valence-electron chi connectivity index (χ0n) is 10.8. The fourth-order valence-corrected chi connectivity index (χ4v) is 2.56. The standard InChI is InChI=1S/C13H20N2O4/c16-8-9-3-5-15(6-4-9)13(19)14-11-2-1-10(7-11)12(17)18/h1-2,9-11,16H,3-8H2,(H,14,19)(H,17,18). The van der Waals surface area contributed by atoms with Gasteiger partial charge in [-0.25, -0.2) is 4.79 Å². The third kappa shape index (κ3) is 3.47. The maximum atomic E-state index is 12.0. The molecule has 2 aliphatic rings. The van der Waals surface area contributed by atoms with Gasteiger partial charge in [-0.15, -0.1) is 0 Å². The Bertz CT molecular complexity index is 375. The maximum Gasteiger partial charge on any atom is 0.317 e. The minimum absolute atomic E-state index is 0.142. The Kier molecular flexibility index (Phi) is 4.42. The molecular weight excluding hydrogens is 248 g/mol. The lowest BCUT2D eigenvalue weighted by Gasteiger charge is -2.31. The average Bonchev–Trinajstić information content (AvgIpc) is 2.87. The van der Waals surface area contributed by atoms with Crippen LogP contribution in [-0.2, 0) is 4.79 Å². The van der Waals surface area contributed by atoms with Crippen LogP contribution in [0.2, 0.25) is 0 Å². The van der Waals surface area contributed by atoms with Gasteiger partial charge >= 0.3 is 12.0 Å². The SMILES string of the molecule is O=C(O)C1C=CC(NC(=O)N2CCC(CO)CC2)C1. The maximum absolute atomic E-state index is 12.0. The first kappa shape index (κ1) is 13.9. The molecule has 1 aliphatic carbocycles. The van der Waals surface area contributed by atoms with Gasteiger partial charge in [-0.05, 0) is 25.2 Å². The molecule has 1 fully saturated rings. The van der Waals surface area contributed by atoms with E-state index < -0.39 is 11.9 Å². The number of likely N-dealkylation sites (tertiary alicyclic amines) is 1. The third-order valence-corrected chi connectivity index (χ3v) is 3.87. The number of aliphatic hydroxyl groups is 1. The van der Waals surface area contributed by atoms with E-state index >= 15 is 0 Å². The number of hydrogen-bond donors (Lipinski definition) is 3. The fourth-order valence-electron chi connectivity index (χ4n) is 2.56. The van der Waals surface area contributed by atoms with E-state index in [9.17, 15) is 9.59 Å². The van der Waals surface area contributed by atoms with Crippen LogP contribution in [-0.4, -0.2) is 52.9 Å². The van der Waals surface area contributed by atoms with Gasteiger partial charge in [-0.2, -0.15) is 0 Å². The summed E-state index contributed by atoms with van der Waals surface area (Å²) in [6.45, 7) is 1.48. The van der Waals surface area contributed by atoms with E-state index in [1.807, 2.05) is 0 Å². The third-order valence-electron chi connectivity index (χ3n) is 3.87. The van der Waals surface area contributed by atoms with Gasteiger partial charge in [-0.1, -0.05) is 12.2 Å². The molecule has 0 aromatic heterocycles. The second-order valence-corrected chi connectivity index (χ2v) is 5.23. The lowest BCUT2D eigenvalue weighted by Crippen LogP contribution is -2.47. The quantitative estimate of drug-likeness (QED) is 0.647. The van der Waals surface area contributed by atoms with E-state index in [0.717, 1.165) is 12.8 Å². The molecule has 6 nitrogen and oxygen atoms in total. The first-order valence-corrected chi connectivity index (χ1v) is 6.67. The number of nitrogens with zero attached hydrogens (tertiary/aromatic N) is 1. The minimum Gasteiger partial charge on any atom is -0.481 e. The molecule has 0 spiro atoms. The number of aliphatic hydroxyl groups excluding tert-OH is 1. The summed E-state index contributed by atoms with van der Waals surface area (Å²) in [6, 6.07) is -0.332. The van der Waals surface area contributed by atoms with Crippen molar-refractivity contribution in [2.45, 2.75) is 25.3 Å². The topological polar surface area (TPSA) is 89.9 Å². The molecule has 0 saturated carbocycles. The van der Waals surface area contributed by atoms with E-state index in [4.69, 9.17) is 10.2 Å². The molecule has 1 saturated heterocycles. The van der Waals surface area contributed by atoms with Crippen molar-refractivity contribution in [3.63, 3.8) is 0 Å². The summed E-state index contributed by atoms with van der Waals surface area (Å²) in [4.78, 5) is 24.5. The highest BCUT2D eigenvalue weighted by molar-refractivity contribution is 5.76. The molecule has 2 rings (SSSR count). The number of carbonyl (C=O) groups is 2. The van der Waals surface area contributed by atoms with Crippen LogP contribution in [0, 0.1) is 11.8 Å². The van der Waals surface area contributed by atoms with Crippen molar-refractivity contribution in [2.75, 3.05) is 19.7 Å². The lowest BCUT2D eigenvalue weighted by molar-refractivity contribution is -0.140. The number of piperidine rings is 1. The molecule has 1 aliphatic heterocycles. The molecule has 1 heterocycles. The number of nitrogens with one attached hydrogen (secondary N) is 1. The van der Waals surface area contributed by atoms with E-state index in [1.165, 1.54) is 0 Å². The summed E-state index contributed by atoms with van der Waals surface area (Å²) in [5, 5.41) is 20.8. The molecule has 0 aromatic rings. The van der Waals surface area contributed by atoms with Crippen LogP contribution in [0.25, 0.3) is 0 Å². The van der Waals surface area contributed by atoms with E-state index in [-0.39, 0.29) is 18.7 Å². The van der Waals surface area contributed by atoms with Crippen molar-refractivity contribution in [1.82, 2.24) is 10.2 Å². The van der Waals surface area contributed by atoms with Gasteiger partial charge in [0.25, 0.3) is 0 Å². The van der Waals surface area contributed by atoms with Crippen LogP contribution < -0.4 is 5.32 Å². The summed E-state index contributed by atoms with van der Waals surface area (Å²) in [5.74, 6) is -1.05.